The van der Waals surface area contributed by atoms with Gasteiger partial charge >= 0.3 is 5.97 Å². The van der Waals surface area contributed by atoms with E-state index >= 15 is 0 Å². The van der Waals surface area contributed by atoms with Crippen LogP contribution in [0.3, 0.4) is 0 Å². The summed E-state index contributed by atoms with van der Waals surface area (Å²) < 4.78 is 0. The quantitative estimate of drug-likeness (QED) is 0.690. The van der Waals surface area contributed by atoms with Crippen molar-refractivity contribution in [3.8, 4) is 0 Å². The Morgan fingerprint density at radius 3 is 2.53 bits per heavy atom. The first-order chi connectivity index (χ1) is 7.99. The van der Waals surface area contributed by atoms with Crippen molar-refractivity contribution in [3.05, 3.63) is 22.8 Å². The third kappa shape index (κ3) is 2.33. The fraction of sp³-hybridized carbons (Fsp3) is 0.400. The number of anilines is 1. The number of rotatable bonds is 2. The minimum atomic E-state index is -1.14. The molecule has 6 nitrogen and oxygen atoms in total. The van der Waals surface area contributed by atoms with E-state index in [0.717, 1.165) is 0 Å². The maximum Gasteiger partial charge on any atom is 0.337 e. The van der Waals surface area contributed by atoms with Crippen molar-refractivity contribution < 1.29 is 20.1 Å². The summed E-state index contributed by atoms with van der Waals surface area (Å²) in [5, 5.41) is 27.8. The van der Waals surface area contributed by atoms with E-state index in [9.17, 15) is 15.0 Å². The number of aliphatic hydroxyl groups is 2. The van der Waals surface area contributed by atoms with Gasteiger partial charge in [0.25, 0.3) is 0 Å². The number of aliphatic hydroxyl groups excluding tert-OH is 2. The van der Waals surface area contributed by atoms with E-state index in [-0.39, 0.29) is 23.7 Å². The Kier molecular flexibility index (Phi) is 3.19. The van der Waals surface area contributed by atoms with Crippen molar-refractivity contribution in [1.29, 1.82) is 0 Å². The van der Waals surface area contributed by atoms with Gasteiger partial charge in [-0.2, -0.15) is 0 Å². The van der Waals surface area contributed by atoms with Gasteiger partial charge in [0.2, 0.25) is 0 Å². The fourth-order valence-electron chi connectivity index (χ4n) is 1.72. The van der Waals surface area contributed by atoms with Crippen molar-refractivity contribution >= 4 is 23.4 Å². The second kappa shape index (κ2) is 4.48. The number of carbonyl (C=O) groups is 1. The monoisotopic (exact) mass is 258 g/mol. The van der Waals surface area contributed by atoms with Crippen LogP contribution >= 0.6 is 11.6 Å². The lowest BCUT2D eigenvalue weighted by Gasteiger charge is -2.16. The number of halogens is 1. The van der Waals surface area contributed by atoms with Crippen molar-refractivity contribution in [2.75, 3.05) is 18.0 Å². The van der Waals surface area contributed by atoms with Gasteiger partial charge in [-0.1, -0.05) is 11.6 Å². The van der Waals surface area contributed by atoms with Crippen LogP contribution in [0.2, 0.25) is 5.02 Å². The molecular weight excluding hydrogens is 248 g/mol. The zero-order valence-corrected chi connectivity index (χ0v) is 9.50. The van der Waals surface area contributed by atoms with E-state index in [1.54, 1.807) is 4.90 Å². The van der Waals surface area contributed by atoms with Gasteiger partial charge in [0.05, 0.1) is 22.8 Å². The molecule has 0 saturated carbocycles. The van der Waals surface area contributed by atoms with Gasteiger partial charge in [0.1, 0.15) is 5.82 Å². The van der Waals surface area contributed by atoms with Gasteiger partial charge in [0, 0.05) is 19.3 Å². The Balaban J connectivity index is 2.28. The number of aromatic nitrogens is 1. The van der Waals surface area contributed by atoms with Crippen LogP contribution in [-0.2, 0) is 0 Å². The molecule has 0 aromatic carbocycles. The minimum Gasteiger partial charge on any atom is -0.478 e. The topological polar surface area (TPSA) is 93.9 Å². The number of hydrogen-bond acceptors (Lipinski definition) is 5. The highest BCUT2D eigenvalue weighted by atomic mass is 35.5. The van der Waals surface area contributed by atoms with Crippen LogP contribution in [0.15, 0.2) is 12.3 Å². The van der Waals surface area contributed by atoms with Crippen molar-refractivity contribution in [3.63, 3.8) is 0 Å². The van der Waals surface area contributed by atoms with Crippen LogP contribution in [0.1, 0.15) is 10.4 Å². The molecule has 0 amide bonds. The van der Waals surface area contributed by atoms with Gasteiger partial charge in [-0.05, 0) is 6.07 Å². The van der Waals surface area contributed by atoms with Crippen LogP contribution in [0, 0.1) is 0 Å². The van der Waals surface area contributed by atoms with E-state index < -0.39 is 18.2 Å². The summed E-state index contributed by atoms with van der Waals surface area (Å²) in [4.78, 5) is 16.5. The molecule has 7 heteroatoms. The lowest BCUT2D eigenvalue weighted by atomic mass is 10.2. The number of carboxylic acids is 1. The predicted molar refractivity (Wildman–Crippen MR) is 60.4 cm³/mol. The second-order valence-electron chi connectivity index (χ2n) is 3.87. The molecule has 17 heavy (non-hydrogen) atoms. The molecule has 2 atom stereocenters. The van der Waals surface area contributed by atoms with Crippen LogP contribution < -0.4 is 4.90 Å². The van der Waals surface area contributed by atoms with Gasteiger partial charge in [0.15, 0.2) is 0 Å². The second-order valence-corrected chi connectivity index (χ2v) is 4.27. The maximum atomic E-state index is 10.9. The highest BCUT2D eigenvalue weighted by molar-refractivity contribution is 6.33. The number of aromatic carboxylic acids is 1. The van der Waals surface area contributed by atoms with Gasteiger partial charge < -0.3 is 20.2 Å². The summed E-state index contributed by atoms with van der Waals surface area (Å²) in [5.74, 6) is -0.763. The van der Waals surface area contributed by atoms with Crippen LogP contribution in [0.5, 0.6) is 0 Å². The molecule has 0 spiro atoms. The molecule has 92 valence electrons. The molecule has 1 aromatic rings. The number of nitrogens with zero attached hydrogens (tertiary/aromatic N) is 2. The lowest BCUT2D eigenvalue weighted by Crippen LogP contribution is -2.22. The molecule has 2 rings (SSSR count). The third-order valence-corrected chi connectivity index (χ3v) is 2.96. The zero-order valence-electron chi connectivity index (χ0n) is 8.75. The molecule has 2 unspecified atom stereocenters. The molecule has 1 aliphatic heterocycles. The largest absolute Gasteiger partial charge is 0.478 e. The Labute approximate surface area is 102 Å². The van der Waals surface area contributed by atoms with E-state index in [0.29, 0.717) is 5.82 Å². The molecule has 3 N–H and O–H groups in total. The van der Waals surface area contributed by atoms with Crippen LogP contribution in [0.25, 0.3) is 0 Å². The van der Waals surface area contributed by atoms with Gasteiger partial charge in [-0.3, -0.25) is 0 Å². The summed E-state index contributed by atoms with van der Waals surface area (Å²) in [6.07, 6.45) is -0.446. The Bertz CT molecular complexity index is 444. The fourth-order valence-corrected chi connectivity index (χ4v) is 1.91. The van der Waals surface area contributed by atoms with E-state index in [4.69, 9.17) is 16.7 Å². The van der Waals surface area contributed by atoms with Crippen LogP contribution in [0.4, 0.5) is 5.82 Å². The Morgan fingerprint density at radius 2 is 2.00 bits per heavy atom. The molecule has 0 radical (unpaired) electrons. The normalized spacial score (nSPS) is 24.1. The summed E-state index contributed by atoms with van der Waals surface area (Å²) in [7, 11) is 0. The van der Waals surface area contributed by atoms with E-state index in [1.807, 2.05) is 0 Å². The molecule has 0 bridgehead atoms. The molecule has 1 aromatic heterocycles. The predicted octanol–water partition coefficient (Wildman–Crippen LogP) is -0.0250. The summed E-state index contributed by atoms with van der Waals surface area (Å²) in [5.41, 5.74) is -0.0486. The number of hydrogen-bond donors (Lipinski definition) is 3. The molecule has 1 aliphatic rings. The zero-order chi connectivity index (χ0) is 12.6. The average molecular weight is 259 g/mol. The van der Waals surface area contributed by atoms with E-state index in [1.165, 1.54) is 12.3 Å². The lowest BCUT2D eigenvalue weighted by molar-refractivity contribution is 0.0572. The van der Waals surface area contributed by atoms with Crippen molar-refractivity contribution in [2.24, 2.45) is 0 Å². The molecular formula is C10H11ClN2O4. The van der Waals surface area contributed by atoms with Gasteiger partial charge in [-0.25, -0.2) is 9.78 Å². The number of β-amino-alcohol motifs (C(OH)–C–C–N with tert-alkyl or cyclic N) is 2. The molecule has 2 heterocycles. The number of carboxylic acid groups (broad SMARTS) is 1. The highest BCUT2D eigenvalue weighted by Crippen LogP contribution is 2.23. The number of pyridine rings is 1. The first-order valence-electron chi connectivity index (χ1n) is 4.99. The van der Waals surface area contributed by atoms with Crippen molar-refractivity contribution in [2.45, 2.75) is 12.2 Å². The SMILES string of the molecule is O=C(O)c1cc(N2CC(O)C(O)C2)ncc1Cl. The molecule has 1 saturated heterocycles. The third-order valence-electron chi connectivity index (χ3n) is 2.65. The maximum absolute atomic E-state index is 10.9. The van der Waals surface area contributed by atoms with E-state index in [2.05, 4.69) is 4.98 Å². The Morgan fingerprint density at radius 1 is 1.41 bits per heavy atom. The average Bonchev–Trinajstić information content (AvgIpc) is 2.59. The Hall–Kier alpha value is -1.37. The summed E-state index contributed by atoms with van der Waals surface area (Å²) in [6, 6.07) is 1.33. The smallest absolute Gasteiger partial charge is 0.337 e. The minimum absolute atomic E-state index is 0.0486. The first kappa shape index (κ1) is 12.1. The van der Waals surface area contributed by atoms with Crippen molar-refractivity contribution in [1.82, 2.24) is 4.98 Å². The highest BCUT2D eigenvalue weighted by Gasteiger charge is 2.30. The summed E-state index contributed by atoms with van der Waals surface area (Å²) in [6.45, 7) is 0.434. The molecule has 1 fully saturated rings. The standard InChI is InChI=1S/C10H11ClN2O4/c11-6-2-12-9(1-5(6)10(16)17)13-3-7(14)8(15)4-13/h1-2,7-8,14-15H,3-4H2,(H,16,17). The van der Waals surface area contributed by atoms with Gasteiger partial charge in [-0.15, -0.1) is 0 Å². The first-order valence-corrected chi connectivity index (χ1v) is 5.36. The molecule has 0 aliphatic carbocycles. The summed E-state index contributed by atoms with van der Waals surface area (Å²) >= 11 is 5.69. The van der Waals surface area contributed by atoms with Crippen LogP contribution in [-0.4, -0.2) is 51.6 Å².